The Balaban J connectivity index is 2.51. The zero-order valence-corrected chi connectivity index (χ0v) is 9.48. The molecule has 0 saturated heterocycles. The Hall–Kier alpha value is -1.77. The standard InChI is InChI=1S/C13H17NO2/c1-2-3-10-16-12-7-4-11(5-8-12)6-9-13(14)15/h4-9H,2-3,10H2,1H3,(H2,14,15). The van der Waals surface area contributed by atoms with Gasteiger partial charge in [-0.05, 0) is 30.2 Å². The van der Waals surface area contributed by atoms with Crippen LogP contribution < -0.4 is 10.5 Å². The number of amides is 1. The minimum absolute atomic E-state index is 0.441. The Labute approximate surface area is 95.9 Å². The summed E-state index contributed by atoms with van der Waals surface area (Å²) in [6.45, 7) is 2.87. The molecule has 0 spiro atoms. The highest BCUT2D eigenvalue weighted by atomic mass is 16.5. The highest BCUT2D eigenvalue weighted by Crippen LogP contribution is 2.13. The van der Waals surface area contributed by atoms with Gasteiger partial charge in [-0.25, -0.2) is 0 Å². The molecule has 0 saturated carbocycles. The summed E-state index contributed by atoms with van der Waals surface area (Å²) in [5.41, 5.74) is 5.93. The molecule has 0 aliphatic heterocycles. The molecule has 1 rings (SSSR count). The molecular formula is C13H17NO2. The molecule has 0 aliphatic carbocycles. The summed E-state index contributed by atoms with van der Waals surface area (Å²) < 4.78 is 5.51. The number of hydrogen-bond donors (Lipinski definition) is 1. The minimum Gasteiger partial charge on any atom is -0.494 e. The zero-order valence-electron chi connectivity index (χ0n) is 9.48. The van der Waals surface area contributed by atoms with Gasteiger partial charge in [-0.3, -0.25) is 4.79 Å². The summed E-state index contributed by atoms with van der Waals surface area (Å²) >= 11 is 0. The van der Waals surface area contributed by atoms with Gasteiger partial charge in [-0.15, -0.1) is 0 Å². The molecule has 1 aromatic carbocycles. The van der Waals surface area contributed by atoms with Crippen molar-refractivity contribution in [1.82, 2.24) is 0 Å². The predicted octanol–water partition coefficient (Wildman–Crippen LogP) is 2.36. The van der Waals surface area contributed by atoms with Crippen LogP contribution in [0.3, 0.4) is 0 Å². The number of carbonyl (C=O) groups excluding carboxylic acids is 1. The zero-order chi connectivity index (χ0) is 11.8. The van der Waals surface area contributed by atoms with Crippen molar-refractivity contribution >= 4 is 12.0 Å². The molecule has 0 aromatic heterocycles. The molecule has 2 N–H and O–H groups in total. The fourth-order valence-corrected chi connectivity index (χ4v) is 1.19. The van der Waals surface area contributed by atoms with Crippen molar-refractivity contribution in [1.29, 1.82) is 0 Å². The van der Waals surface area contributed by atoms with Crippen LogP contribution >= 0.6 is 0 Å². The van der Waals surface area contributed by atoms with Crippen LogP contribution in [0, 0.1) is 0 Å². The van der Waals surface area contributed by atoms with Gasteiger partial charge < -0.3 is 10.5 Å². The third-order valence-corrected chi connectivity index (χ3v) is 2.09. The topological polar surface area (TPSA) is 52.3 Å². The van der Waals surface area contributed by atoms with Crippen LogP contribution in [-0.4, -0.2) is 12.5 Å². The van der Waals surface area contributed by atoms with Crippen LogP contribution in [0.15, 0.2) is 30.3 Å². The molecule has 0 radical (unpaired) electrons. The number of primary amides is 1. The van der Waals surface area contributed by atoms with Gasteiger partial charge in [0.25, 0.3) is 0 Å². The molecule has 16 heavy (non-hydrogen) atoms. The Morgan fingerprint density at radius 1 is 1.38 bits per heavy atom. The highest BCUT2D eigenvalue weighted by Gasteiger charge is 1.93. The molecule has 1 aromatic rings. The average Bonchev–Trinajstić information content (AvgIpc) is 2.28. The van der Waals surface area contributed by atoms with Crippen LogP contribution in [0.4, 0.5) is 0 Å². The number of ether oxygens (including phenoxy) is 1. The van der Waals surface area contributed by atoms with Crippen LogP contribution in [-0.2, 0) is 4.79 Å². The third-order valence-electron chi connectivity index (χ3n) is 2.09. The van der Waals surface area contributed by atoms with Crippen molar-refractivity contribution in [2.24, 2.45) is 5.73 Å². The lowest BCUT2D eigenvalue weighted by molar-refractivity contribution is -0.113. The predicted molar refractivity (Wildman–Crippen MR) is 65.1 cm³/mol. The number of unbranched alkanes of at least 4 members (excludes halogenated alkanes) is 1. The quantitative estimate of drug-likeness (QED) is 0.590. The average molecular weight is 219 g/mol. The van der Waals surface area contributed by atoms with Crippen molar-refractivity contribution in [3.63, 3.8) is 0 Å². The maximum atomic E-state index is 10.5. The van der Waals surface area contributed by atoms with Crippen molar-refractivity contribution in [2.75, 3.05) is 6.61 Å². The van der Waals surface area contributed by atoms with Crippen LogP contribution in [0.2, 0.25) is 0 Å². The van der Waals surface area contributed by atoms with Gasteiger partial charge in [0.2, 0.25) is 5.91 Å². The monoisotopic (exact) mass is 219 g/mol. The van der Waals surface area contributed by atoms with Crippen molar-refractivity contribution in [3.05, 3.63) is 35.9 Å². The molecule has 0 bridgehead atoms. The van der Waals surface area contributed by atoms with Gasteiger partial charge in [-0.1, -0.05) is 25.5 Å². The summed E-state index contributed by atoms with van der Waals surface area (Å²) in [6.07, 6.45) is 5.20. The summed E-state index contributed by atoms with van der Waals surface area (Å²) in [5.74, 6) is 0.410. The maximum absolute atomic E-state index is 10.5. The van der Waals surface area contributed by atoms with Crippen LogP contribution in [0.25, 0.3) is 6.08 Å². The van der Waals surface area contributed by atoms with Crippen LogP contribution in [0.5, 0.6) is 5.75 Å². The Kier molecular flexibility index (Phi) is 5.12. The van der Waals surface area contributed by atoms with Crippen molar-refractivity contribution in [2.45, 2.75) is 19.8 Å². The second kappa shape index (κ2) is 6.67. The number of hydrogen-bond acceptors (Lipinski definition) is 2. The molecule has 0 fully saturated rings. The summed E-state index contributed by atoms with van der Waals surface area (Å²) in [5, 5.41) is 0. The summed E-state index contributed by atoms with van der Waals surface area (Å²) in [4.78, 5) is 10.5. The third kappa shape index (κ3) is 4.64. The first-order valence-corrected chi connectivity index (χ1v) is 5.42. The van der Waals surface area contributed by atoms with E-state index < -0.39 is 5.91 Å². The number of carbonyl (C=O) groups is 1. The van der Waals surface area contributed by atoms with E-state index in [0.717, 1.165) is 30.8 Å². The molecule has 0 heterocycles. The van der Waals surface area contributed by atoms with Crippen molar-refractivity contribution < 1.29 is 9.53 Å². The number of nitrogens with two attached hydrogens (primary N) is 1. The fraction of sp³-hybridized carbons (Fsp3) is 0.308. The molecule has 0 atom stereocenters. The Morgan fingerprint density at radius 3 is 2.62 bits per heavy atom. The van der Waals surface area contributed by atoms with E-state index in [4.69, 9.17) is 10.5 Å². The largest absolute Gasteiger partial charge is 0.494 e. The lowest BCUT2D eigenvalue weighted by atomic mass is 10.2. The molecule has 1 amide bonds. The van der Waals surface area contributed by atoms with Gasteiger partial charge in [0, 0.05) is 6.08 Å². The van der Waals surface area contributed by atoms with Gasteiger partial charge in [0.15, 0.2) is 0 Å². The lowest BCUT2D eigenvalue weighted by Gasteiger charge is -2.04. The molecule has 3 heteroatoms. The van der Waals surface area contributed by atoms with E-state index in [2.05, 4.69) is 6.92 Å². The molecule has 86 valence electrons. The molecule has 3 nitrogen and oxygen atoms in total. The lowest BCUT2D eigenvalue weighted by Crippen LogP contribution is -2.05. The SMILES string of the molecule is CCCCOc1ccc(C=CC(N)=O)cc1. The van der Waals surface area contributed by atoms with E-state index >= 15 is 0 Å². The van der Waals surface area contributed by atoms with E-state index in [-0.39, 0.29) is 0 Å². The Bertz CT molecular complexity index is 355. The highest BCUT2D eigenvalue weighted by molar-refractivity contribution is 5.90. The van der Waals surface area contributed by atoms with Crippen molar-refractivity contribution in [3.8, 4) is 5.75 Å². The van der Waals surface area contributed by atoms with E-state index in [1.165, 1.54) is 6.08 Å². The first kappa shape index (κ1) is 12.3. The first-order valence-electron chi connectivity index (χ1n) is 5.42. The van der Waals surface area contributed by atoms with Crippen LogP contribution in [0.1, 0.15) is 25.3 Å². The minimum atomic E-state index is -0.441. The Morgan fingerprint density at radius 2 is 2.06 bits per heavy atom. The van der Waals surface area contributed by atoms with E-state index in [1.54, 1.807) is 6.08 Å². The number of benzene rings is 1. The van der Waals surface area contributed by atoms with E-state index in [9.17, 15) is 4.79 Å². The van der Waals surface area contributed by atoms with Gasteiger partial charge in [0.05, 0.1) is 6.61 Å². The van der Waals surface area contributed by atoms with Gasteiger partial charge in [0.1, 0.15) is 5.75 Å². The number of rotatable bonds is 6. The molecular weight excluding hydrogens is 202 g/mol. The van der Waals surface area contributed by atoms with E-state index in [0.29, 0.717) is 0 Å². The smallest absolute Gasteiger partial charge is 0.241 e. The summed E-state index contributed by atoms with van der Waals surface area (Å²) in [7, 11) is 0. The first-order chi connectivity index (χ1) is 7.72. The second-order valence-corrected chi connectivity index (χ2v) is 3.51. The molecule has 0 aliphatic rings. The maximum Gasteiger partial charge on any atom is 0.241 e. The van der Waals surface area contributed by atoms with Gasteiger partial charge >= 0.3 is 0 Å². The van der Waals surface area contributed by atoms with Gasteiger partial charge in [-0.2, -0.15) is 0 Å². The molecule has 0 unspecified atom stereocenters. The second-order valence-electron chi connectivity index (χ2n) is 3.51. The normalized spacial score (nSPS) is 10.6. The summed E-state index contributed by atoms with van der Waals surface area (Å²) in [6, 6.07) is 7.55. The van der Waals surface area contributed by atoms with E-state index in [1.807, 2.05) is 24.3 Å². The fourth-order valence-electron chi connectivity index (χ4n) is 1.19.